The fraction of sp³-hybridized carbons (Fsp3) is 0.625. The van der Waals surface area contributed by atoms with Gasteiger partial charge < -0.3 is 9.84 Å². The van der Waals surface area contributed by atoms with Gasteiger partial charge in [-0.2, -0.15) is 0 Å². The highest BCUT2D eigenvalue weighted by molar-refractivity contribution is 5.54. The molecule has 0 aromatic heterocycles. The summed E-state index contributed by atoms with van der Waals surface area (Å²) >= 11 is 0. The predicted octanol–water partition coefficient (Wildman–Crippen LogP) is 4.21. The molecule has 1 aromatic rings. The van der Waals surface area contributed by atoms with E-state index in [-0.39, 0.29) is 16.6 Å². The molecule has 0 amide bonds. The molecule has 2 nitrogen and oxygen atoms in total. The van der Waals surface area contributed by atoms with Crippen LogP contribution in [0.15, 0.2) is 12.1 Å². The van der Waals surface area contributed by atoms with Gasteiger partial charge >= 0.3 is 0 Å². The third-order valence-corrected chi connectivity index (χ3v) is 5.29. The van der Waals surface area contributed by atoms with Crippen LogP contribution >= 0.6 is 0 Å². The molecule has 0 heterocycles. The van der Waals surface area contributed by atoms with E-state index in [1.807, 2.05) is 12.1 Å². The van der Waals surface area contributed by atoms with E-state index < -0.39 is 0 Å². The average molecular weight is 248 g/mol. The van der Waals surface area contributed by atoms with Gasteiger partial charge in [-0.25, -0.2) is 0 Å². The number of aromatic hydroxyl groups is 1. The number of ether oxygens (including phenoxy) is 1. The van der Waals surface area contributed by atoms with Gasteiger partial charge in [0, 0.05) is 0 Å². The first kappa shape index (κ1) is 13.3. The lowest BCUT2D eigenvalue weighted by Gasteiger charge is -2.39. The Bertz CT molecular complexity index is 472. The molecule has 0 spiro atoms. The van der Waals surface area contributed by atoms with Crippen molar-refractivity contribution < 1.29 is 9.84 Å². The van der Waals surface area contributed by atoms with Crippen molar-refractivity contribution in [1.82, 2.24) is 0 Å². The molecule has 0 saturated heterocycles. The smallest absolute Gasteiger partial charge is 0.160 e. The van der Waals surface area contributed by atoms with Crippen LogP contribution < -0.4 is 4.74 Å². The van der Waals surface area contributed by atoms with Crippen molar-refractivity contribution in [3.63, 3.8) is 0 Å². The first-order chi connectivity index (χ1) is 8.27. The number of phenolic OH excluding ortho intramolecular Hbond substituents is 1. The number of hydrogen-bond acceptors (Lipinski definition) is 2. The van der Waals surface area contributed by atoms with Crippen LogP contribution in [0.3, 0.4) is 0 Å². The number of methoxy groups -OCH3 is 1. The number of hydrogen-bond donors (Lipinski definition) is 1. The Morgan fingerprint density at radius 1 is 1.22 bits per heavy atom. The molecule has 1 atom stereocenters. The summed E-state index contributed by atoms with van der Waals surface area (Å²) in [6.07, 6.45) is 1.11. The van der Waals surface area contributed by atoms with Gasteiger partial charge in [0.05, 0.1) is 7.11 Å². The van der Waals surface area contributed by atoms with Crippen molar-refractivity contribution in [3.05, 3.63) is 23.3 Å². The standard InChI is InChI=1S/C16H24O2/c1-7-11-10-8-14(18-6)13(17)9-12(10)16(4,5)15(11,2)3/h8-9,11,17H,7H2,1-6H3. The van der Waals surface area contributed by atoms with Crippen LogP contribution in [0.4, 0.5) is 0 Å². The number of rotatable bonds is 2. The SMILES string of the molecule is CCC1c2cc(OC)c(O)cc2C(C)(C)C1(C)C. The van der Waals surface area contributed by atoms with Crippen LogP contribution in [0.1, 0.15) is 58.1 Å². The Morgan fingerprint density at radius 3 is 2.33 bits per heavy atom. The Balaban J connectivity index is 2.70. The Morgan fingerprint density at radius 2 is 1.83 bits per heavy atom. The Hall–Kier alpha value is -1.18. The zero-order valence-corrected chi connectivity index (χ0v) is 12.3. The molecule has 0 bridgehead atoms. The second-order valence-electron chi connectivity index (χ2n) is 6.42. The van der Waals surface area contributed by atoms with Crippen molar-refractivity contribution >= 4 is 0 Å². The van der Waals surface area contributed by atoms with Crippen molar-refractivity contribution in [2.24, 2.45) is 5.41 Å². The third-order valence-electron chi connectivity index (χ3n) is 5.29. The molecule has 1 aromatic carbocycles. The van der Waals surface area contributed by atoms with E-state index in [2.05, 4.69) is 34.6 Å². The minimum atomic E-state index is 0.0623. The lowest BCUT2D eigenvalue weighted by Crippen LogP contribution is -2.34. The molecule has 0 fully saturated rings. The molecule has 18 heavy (non-hydrogen) atoms. The molecule has 1 aliphatic rings. The summed E-state index contributed by atoms with van der Waals surface area (Å²) in [5.74, 6) is 1.34. The van der Waals surface area contributed by atoms with E-state index in [1.165, 1.54) is 11.1 Å². The van der Waals surface area contributed by atoms with Crippen molar-refractivity contribution in [2.75, 3.05) is 7.11 Å². The average Bonchev–Trinajstić information content (AvgIpc) is 2.43. The number of benzene rings is 1. The van der Waals surface area contributed by atoms with Gasteiger partial charge in [-0.1, -0.05) is 34.6 Å². The molecule has 0 radical (unpaired) electrons. The molecule has 1 N–H and O–H groups in total. The molecule has 1 unspecified atom stereocenters. The highest BCUT2D eigenvalue weighted by Crippen LogP contribution is 2.60. The lowest BCUT2D eigenvalue weighted by molar-refractivity contribution is 0.178. The molecular formula is C16H24O2. The van der Waals surface area contributed by atoms with Gasteiger partial charge in [-0.15, -0.1) is 0 Å². The maximum Gasteiger partial charge on any atom is 0.160 e. The zero-order valence-electron chi connectivity index (χ0n) is 12.3. The Kier molecular flexibility index (Phi) is 2.88. The molecule has 100 valence electrons. The van der Waals surface area contributed by atoms with E-state index in [1.54, 1.807) is 7.11 Å². The van der Waals surface area contributed by atoms with Gasteiger partial charge in [-0.05, 0) is 46.4 Å². The minimum absolute atomic E-state index is 0.0623. The monoisotopic (exact) mass is 248 g/mol. The topological polar surface area (TPSA) is 29.5 Å². The second-order valence-corrected chi connectivity index (χ2v) is 6.42. The van der Waals surface area contributed by atoms with Crippen LogP contribution in [-0.4, -0.2) is 12.2 Å². The minimum Gasteiger partial charge on any atom is -0.504 e. The first-order valence-electron chi connectivity index (χ1n) is 6.68. The largest absolute Gasteiger partial charge is 0.504 e. The fourth-order valence-corrected chi connectivity index (χ4v) is 3.48. The molecule has 2 rings (SSSR count). The predicted molar refractivity (Wildman–Crippen MR) is 74.5 cm³/mol. The summed E-state index contributed by atoms with van der Waals surface area (Å²) in [5, 5.41) is 10.0. The normalized spacial score (nSPS) is 23.8. The van der Waals surface area contributed by atoms with E-state index >= 15 is 0 Å². The number of phenols is 1. The van der Waals surface area contributed by atoms with Gasteiger partial charge in [0.25, 0.3) is 0 Å². The van der Waals surface area contributed by atoms with Crippen LogP contribution in [-0.2, 0) is 5.41 Å². The zero-order chi connectivity index (χ0) is 13.7. The summed E-state index contributed by atoms with van der Waals surface area (Å²) in [7, 11) is 1.60. The van der Waals surface area contributed by atoms with Crippen LogP contribution in [0.25, 0.3) is 0 Å². The van der Waals surface area contributed by atoms with E-state index in [4.69, 9.17) is 4.74 Å². The first-order valence-corrected chi connectivity index (χ1v) is 6.68. The maximum atomic E-state index is 10.0. The highest BCUT2D eigenvalue weighted by Gasteiger charge is 2.51. The second kappa shape index (κ2) is 3.91. The van der Waals surface area contributed by atoms with E-state index in [9.17, 15) is 5.11 Å². The van der Waals surface area contributed by atoms with Gasteiger partial charge in [-0.3, -0.25) is 0 Å². The van der Waals surface area contributed by atoms with Gasteiger partial charge in [0.2, 0.25) is 0 Å². The van der Waals surface area contributed by atoms with Crippen molar-refractivity contribution in [3.8, 4) is 11.5 Å². The summed E-state index contributed by atoms with van der Waals surface area (Å²) < 4.78 is 5.25. The molecule has 0 saturated carbocycles. The van der Waals surface area contributed by atoms with Crippen LogP contribution in [0.2, 0.25) is 0 Å². The summed E-state index contributed by atoms with van der Waals surface area (Å²) in [4.78, 5) is 0. The third kappa shape index (κ3) is 1.47. The quantitative estimate of drug-likeness (QED) is 0.849. The summed E-state index contributed by atoms with van der Waals surface area (Å²) in [6.45, 7) is 11.4. The van der Waals surface area contributed by atoms with E-state index in [0.29, 0.717) is 11.7 Å². The molecular weight excluding hydrogens is 224 g/mol. The molecule has 1 aliphatic carbocycles. The molecule has 2 heteroatoms. The maximum absolute atomic E-state index is 10.0. The van der Waals surface area contributed by atoms with Crippen LogP contribution in [0, 0.1) is 5.41 Å². The van der Waals surface area contributed by atoms with Crippen molar-refractivity contribution in [1.29, 1.82) is 0 Å². The lowest BCUT2D eigenvalue weighted by atomic mass is 9.64. The summed E-state index contributed by atoms with van der Waals surface area (Å²) in [5.41, 5.74) is 2.84. The fourth-order valence-electron chi connectivity index (χ4n) is 3.48. The van der Waals surface area contributed by atoms with Gasteiger partial charge in [0.1, 0.15) is 0 Å². The Labute approximate surface area is 110 Å². The van der Waals surface area contributed by atoms with Gasteiger partial charge in [0.15, 0.2) is 11.5 Å². The molecule has 0 aliphatic heterocycles. The van der Waals surface area contributed by atoms with E-state index in [0.717, 1.165) is 6.42 Å². The highest BCUT2D eigenvalue weighted by atomic mass is 16.5. The number of fused-ring (bicyclic) bond motifs is 1. The van der Waals surface area contributed by atoms with Crippen LogP contribution in [0.5, 0.6) is 11.5 Å². The summed E-state index contributed by atoms with van der Waals surface area (Å²) in [6, 6.07) is 3.92. The van der Waals surface area contributed by atoms with Crippen molar-refractivity contribution in [2.45, 2.75) is 52.4 Å².